The first kappa shape index (κ1) is 19.8. The molecule has 3 aliphatic carbocycles. The lowest BCUT2D eigenvalue weighted by atomic mass is 9.56. The van der Waals surface area contributed by atoms with Crippen LogP contribution in [0.5, 0.6) is 0 Å². The van der Waals surface area contributed by atoms with Gasteiger partial charge in [0.25, 0.3) is 0 Å². The summed E-state index contributed by atoms with van der Waals surface area (Å²) in [6.07, 6.45) is 4.92. The van der Waals surface area contributed by atoms with Crippen LogP contribution in [0, 0.1) is 29.6 Å². The zero-order chi connectivity index (χ0) is 22.3. The molecule has 0 heterocycles. The maximum atomic E-state index is 2.54. The van der Waals surface area contributed by atoms with Crippen molar-refractivity contribution in [2.45, 2.75) is 52.4 Å². The van der Waals surface area contributed by atoms with Crippen LogP contribution in [0.1, 0.15) is 60.9 Å². The highest BCUT2D eigenvalue weighted by Gasteiger charge is 2.60. The summed E-state index contributed by atoms with van der Waals surface area (Å²) in [4.78, 5) is 0. The fourth-order valence-corrected chi connectivity index (χ4v) is 8.47. The van der Waals surface area contributed by atoms with E-state index in [9.17, 15) is 0 Å². The SMILES string of the molecule is CCc1c2ccccc2c(Cc2cccc3c2[C@@H]2C(C3)C3C[C@H](C)[C@H](C)[C@@H]32)c2ccccc12. The van der Waals surface area contributed by atoms with Gasteiger partial charge in [-0.1, -0.05) is 87.5 Å². The zero-order valence-electron chi connectivity index (χ0n) is 20.1. The van der Waals surface area contributed by atoms with E-state index in [0.717, 1.165) is 48.3 Å². The predicted octanol–water partition coefficient (Wildman–Crippen LogP) is 8.32. The first-order valence-electron chi connectivity index (χ1n) is 13.2. The minimum Gasteiger partial charge on any atom is -0.0622 e. The lowest BCUT2D eigenvalue weighted by Gasteiger charge is -2.48. The van der Waals surface area contributed by atoms with Gasteiger partial charge < -0.3 is 0 Å². The van der Waals surface area contributed by atoms with Crippen molar-refractivity contribution in [3.63, 3.8) is 0 Å². The fourth-order valence-electron chi connectivity index (χ4n) is 8.47. The summed E-state index contributed by atoms with van der Waals surface area (Å²) in [5.41, 5.74) is 8.04. The van der Waals surface area contributed by atoms with Gasteiger partial charge in [-0.25, -0.2) is 0 Å². The highest BCUT2D eigenvalue weighted by molar-refractivity contribution is 6.06. The molecule has 0 aromatic heterocycles. The van der Waals surface area contributed by atoms with E-state index in [4.69, 9.17) is 0 Å². The van der Waals surface area contributed by atoms with Gasteiger partial charge in [0.2, 0.25) is 0 Å². The number of hydrogen-bond acceptors (Lipinski definition) is 0. The van der Waals surface area contributed by atoms with Crippen LogP contribution in [-0.2, 0) is 19.3 Å². The average molecular weight is 431 g/mol. The molecule has 0 bridgehead atoms. The minimum absolute atomic E-state index is 0.814. The molecule has 0 nitrogen and oxygen atoms in total. The number of benzene rings is 4. The van der Waals surface area contributed by atoms with E-state index in [1.807, 2.05) is 0 Å². The molecule has 7 rings (SSSR count). The lowest BCUT2D eigenvalue weighted by Crippen LogP contribution is -2.42. The molecule has 4 aromatic carbocycles. The molecular weight excluding hydrogens is 396 g/mol. The monoisotopic (exact) mass is 430 g/mol. The van der Waals surface area contributed by atoms with Crippen molar-refractivity contribution in [1.82, 2.24) is 0 Å². The molecule has 0 spiro atoms. The minimum atomic E-state index is 0.814. The Morgan fingerprint density at radius 3 is 2.00 bits per heavy atom. The summed E-state index contributed by atoms with van der Waals surface area (Å²) in [6.45, 7) is 7.34. The van der Waals surface area contributed by atoms with Crippen LogP contribution < -0.4 is 0 Å². The Morgan fingerprint density at radius 1 is 0.727 bits per heavy atom. The van der Waals surface area contributed by atoms with E-state index in [0.29, 0.717) is 0 Å². The zero-order valence-corrected chi connectivity index (χ0v) is 20.1. The third-order valence-corrected chi connectivity index (χ3v) is 10.0. The molecule has 2 saturated carbocycles. The Labute approximate surface area is 198 Å². The Morgan fingerprint density at radius 2 is 1.36 bits per heavy atom. The maximum absolute atomic E-state index is 2.54. The quantitative estimate of drug-likeness (QED) is 0.287. The van der Waals surface area contributed by atoms with Gasteiger partial charge >= 0.3 is 0 Å². The standard InChI is InChI=1S/C33H34/c1-4-23-24-12-5-7-14-26(24)28(27-15-8-6-13-25(23)27)17-21-10-9-11-22-18-30-29-16-19(2)20(3)31(29)33(30)32(21)22/h5-15,19-20,29-31,33H,4,16-18H2,1-3H3/t19-,20-,29?,30?,31-,33+/m0/s1. The second-order valence-electron chi connectivity index (χ2n) is 11.3. The van der Waals surface area contributed by atoms with Crippen molar-refractivity contribution >= 4 is 21.5 Å². The second-order valence-corrected chi connectivity index (χ2v) is 11.3. The van der Waals surface area contributed by atoms with Gasteiger partial charge in [-0.2, -0.15) is 0 Å². The molecule has 2 unspecified atom stereocenters. The average Bonchev–Trinajstić information content (AvgIpc) is 3.29. The first-order valence-corrected chi connectivity index (χ1v) is 13.2. The van der Waals surface area contributed by atoms with Crippen molar-refractivity contribution in [2.75, 3.05) is 0 Å². The van der Waals surface area contributed by atoms with Gasteiger partial charge in [0.1, 0.15) is 0 Å². The molecule has 2 fully saturated rings. The summed E-state index contributed by atoms with van der Waals surface area (Å²) in [5, 5.41) is 5.80. The largest absolute Gasteiger partial charge is 0.0622 e. The smallest absolute Gasteiger partial charge is 0.00105 e. The highest BCUT2D eigenvalue weighted by atomic mass is 14.6. The third-order valence-electron chi connectivity index (χ3n) is 10.0. The summed E-state index contributed by atoms with van der Waals surface area (Å²) in [5.74, 6) is 5.40. The van der Waals surface area contributed by atoms with Crippen LogP contribution in [0.4, 0.5) is 0 Å². The van der Waals surface area contributed by atoms with Crippen molar-refractivity contribution in [1.29, 1.82) is 0 Å². The molecule has 0 aliphatic heterocycles. The van der Waals surface area contributed by atoms with E-state index in [-0.39, 0.29) is 0 Å². The molecular formula is C33H34. The topological polar surface area (TPSA) is 0 Å². The summed E-state index contributed by atoms with van der Waals surface area (Å²) in [6, 6.07) is 25.5. The fraction of sp³-hybridized carbons (Fsp3) is 0.394. The Hall–Kier alpha value is -2.60. The molecule has 0 amide bonds. The van der Waals surface area contributed by atoms with E-state index in [2.05, 4.69) is 87.5 Å². The number of aryl methyl sites for hydroxylation is 1. The maximum Gasteiger partial charge on any atom is -0.00105 e. The van der Waals surface area contributed by atoms with E-state index >= 15 is 0 Å². The normalized spacial score (nSPS) is 29.7. The van der Waals surface area contributed by atoms with Gasteiger partial charge in [0.15, 0.2) is 0 Å². The number of hydrogen-bond donors (Lipinski definition) is 0. The van der Waals surface area contributed by atoms with Crippen LogP contribution in [0.25, 0.3) is 21.5 Å². The van der Waals surface area contributed by atoms with Crippen LogP contribution in [0.3, 0.4) is 0 Å². The van der Waals surface area contributed by atoms with E-state index in [1.54, 1.807) is 16.7 Å². The first-order chi connectivity index (χ1) is 16.2. The van der Waals surface area contributed by atoms with Crippen molar-refractivity contribution < 1.29 is 0 Å². The van der Waals surface area contributed by atoms with Gasteiger partial charge in [-0.05, 0) is 111 Å². The second kappa shape index (κ2) is 7.20. The molecule has 3 aliphatic rings. The Balaban J connectivity index is 1.40. The van der Waals surface area contributed by atoms with Crippen LogP contribution in [0.2, 0.25) is 0 Å². The molecule has 0 radical (unpaired) electrons. The number of rotatable bonds is 3. The Kier molecular flexibility index (Phi) is 4.33. The third kappa shape index (κ3) is 2.64. The van der Waals surface area contributed by atoms with Gasteiger partial charge in [0, 0.05) is 0 Å². The molecule has 0 heteroatoms. The van der Waals surface area contributed by atoms with Crippen LogP contribution in [0.15, 0.2) is 66.7 Å². The van der Waals surface area contributed by atoms with Gasteiger partial charge in [0.05, 0.1) is 0 Å². The molecule has 33 heavy (non-hydrogen) atoms. The Bertz CT molecular complexity index is 1340. The van der Waals surface area contributed by atoms with Crippen molar-refractivity contribution in [3.8, 4) is 0 Å². The lowest BCUT2D eigenvalue weighted by molar-refractivity contribution is 0.0511. The van der Waals surface area contributed by atoms with Crippen LogP contribution in [-0.4, -0.2) is 0 Å². The summed E-state index contributed by atoms with van der Waals surface area (Å²) >= 11 is 0. The van der Waals surface area contributed by atoms with Crippen molar-refractivity contribution in [3.05, 3.63) is 94.5 Å². The highest BCUT2D eigenvalue weighted by Crippen LogP contribution is 2.68. The molecule has 0 N–H and O–H groups in total. The summed E-state index contributed by atoms with van der Waals surface area (Å²) < 4.78 is 0. The summed E-state index contributed by atoms with van der Waals surface area (Å²) in [7, 11) is 0. The molecule has 4 aromatic rings. The number of fused-ring (bicyclic) bond motifs is 8. The molecule has 6 atom stereocenters. The van der Waals surface area contributed by atoms with E-state index in [1.165, 1.54) is 45.5 Å². The van der Waals surface area contributed by atoms with Crippen molar-refractivity contribution in [2.24, 2.45) is 29.6 Å². The molecule has 166 valence electrons. The van der Waals surface area contributed by atoms with E-state index < -0.39 is 0 Å². The van der Waals surface area contributed by atoms with Crippen LogP contribution >= 0.6 is 0 Å². The van der Waals surface area contributed by atoms with Gasteiger partial charge in [-0.15, -0.1) is 0 Å². The van der Waals surface area contributed by atoms with Gasteiger partial charge in [-0.3, -0.25) is 0 Å². The molecule has 0 saturated heterocycles. The predicted molar refractivity (Wildman–Crippen MR) is 140 cm³/mol.